The van der Waals surface area contributed by atoms with Crippen LogP contribution < -0.4 is 4.74 Å². The van der Waals surface area contributed by atoms with E-state index in [9.17, 15) is 23.2 Å². The van der Waals surface area contributed by atoms with Crippen LogP contribution in [0, 0.1) is 11.3 Å². The second-order valence-corrected chi connectivity index (χ2v) is 4.80. The number of hydrogen-bond donors (Lipinski definition) is 0. The molecule has 1 aromatic rings. The highest BCUT2D eigenvalue weighted by molar-refractivity contribution is 5.80. The number of ether oxygens (including phenoxy) is 1. The van der Waals surface area contributed by atoms with Gasteiger partial charge in [-0.25, -0.2) is 0 Å². The van der Waals surface area contributed by atoms with Crippen molar-refractivity contribution in [3.05, 3.63) is 29.8 Å². The van der Waals surface area contributed by atoms with Gasteiger partial charge in [0.2, 0.25) is 0 Å². The number of carbonyl (C=O) groups excluding carboxylic acids is 1. The Labute approximate surface area is 114 Å². The molecule has 0 aromatic heterocycles. The highest BCUT2D eigenvalue weighted by Crippen LogP contribution is 2.38. The fraction of sp³-hybridized carbons (Fsp3) is 0.429. The first kappa shape index (κ1) is 14.4. The molecule has 106 valence electrons. The Morgan fingerprint density at radius 1 is 1.15 bits per heavy atom. The second kappa shape index (κ2) is 5.16. The number of rotatable bonds is 2. The van der Waals surface area contributed by atoms with Crippen LogP contribution in [0.5, 0.6) is 5.75 Å². The van der Waals surface area contributed by atoms with E-state index in [1.165, 1.54) is 24.3 Å². The summed E-state index contributed by atoms with van der Waals surface area (Å²) in [6, 6.07) is 7.51. The molecule has 0 saturated heterocycles. The molecule has 6 heteroatoms. The average molecular weight is 283 g/mol. The van der Waals surface area contributed by atoms with Crippen molar-refractivity contribution in [3.63, 3.8) is 0 Å². The van der Waals surface area contributed by atoms with Crippen molar-refractivity contribution in [2.24, 2.45) is 0 Å². The maximum atomic E-state index is 12.1. The molecule has 0 N–H and O–H groups in total. The lowest BCUT2D eigenvalue weighted by atomic mass is 9.70. The van der Waals surface area contributed by atoms with Crippen LogP contribution in [-0.2, 0) is 10.2 Å². The topological polar surface area (TPSA) is 50.1 Å². The molecule has 0 bridgehead atoms. The molecular formula is C14H12F3NO2. The fourth-order valence-electron chi connectivity index (χ4n) is 2.40. The molecule has 1 fully saturated rings. The summed E-state index contributed by atoms with van der Waals surface area (Å²) in [7, 11) is 0. The van der Waals surface area contributed by atoms with Crippen LogP contribution in [0.4, 0.5) is 13.2 Å². The third kappa shape index (κ3) is 3.10. The number of Topliss-reactive ketones (excluding diaryl/α,β-unsaturated/α-hetero) is 1. The van der Waals surface area contributed by atoms with Gasteiger partial charge in [0.15, 0.2) is 0 Å². The molecule has 1 saturated carbocycles. The van der Waals surface area contributed by atoms with Crippen molar-refractivity contribution in [1.29, 1.82) is 5.26 Å². The average Bonchev–Trinajstić information content (AvgIpc) is 2.39. The van der Waals surface area contributed by atoms with Crippen molar-refractivity contribution < 1.29 is 22.7 Å². The quantitative estimate of drug-likeness (QED) is 0.834. The van der Waals surface area contributed by atoms with Gasteiger partial charge in [0, 0.05) is 12.8 Å². The zero-order chi connectivity index (χ0) is 14.8. The molecule has 1 aliphatic rings. The normalized spacial score (nSPS) is 18.4. The van der Waals surface area contributed by atoms with E-state index in [2.05, 4.69) is 10.8 Å². The fourth-order valence-corrected chi connectivity index (χ4v) is 2.40. The number of carbonyl (C=O) groups is 1. The van der Waals surface area contributed by atoms with Gasteiger partial charge < -0.3 is 4.74 Å². The molecular weight excluding hydrogens is 271 g/mol. The van der Waals surface area contributed by atoms with Crippen LogP contribution in [-0.4, -0.2) is 12.1 Å². The summed E-state index contributed by atoms with van der Waals surface area (Å²) >= 11 is 0. The molecule has 20 heavy (non-hydrogen) atoms. The molecule has 2 rings (SSSR count). The Kier molecular flexibility index (Phi) is 3.71. The van der Waals surface area contributed by atoms with E-state index in [0.29, 0.717) is 31.2 Å². The highest BCUT2D eigenvalue weighted by Gasteiger charge is 2.37. The van der Waals surface area contributed by atoms with Crippen molar-refractivity contribution >= 4 is 5.78 Å². The third-order valence-electron chi connectivity index (χ3n) is 3.52. The lowest BCUT2D eigenvalue weighted by molar-refractivity contribution is -0.274. The third-order valence-corrected chi connectivity index (χ3v) is 3.52. The van der Waals surface area contributed by atoms with Crippen molar-refractivity contribution in [2.75, 3.05) is 0 Å². The van der Waals surface area contributed by atoms with Gasteiger partial charge in [-0.05, 0) is 30.5 Å². The van der Waals surface area contributed by atoms with Crippen molar-refractivity contribution in [1.82, 2.24) is 0 Å². The van der Waals surface area contributed by atoms with Crippen LogP contribution in [0.3, 0.4) is 0 Å². The maximum Gasteiger partial charge on any atom is 0.573 e. The van der Waals surface area contributed by atoms with E-state index in [4.69, 9.17) is 0 Å². The molecule has 1 aromatic carbocycles. The number of nitriles is 1. The van der Waals surface area contributed by atoms with Crippen LogP contribution in [0.15, 0.2) is 24.3 Å². The van der Waals surface area contributed by atoms with Gasteiger partial charge in [-0.2, -0.15) is 5.26 Å². The van der Waals surface area contributed by atoms with E-state index < -0.39 is 11.8 Å². The molecule has 3 nitrogen and oxygen atoms in total. The zero-order valence-electron chi connectivity index (χ0n) is 10.5. The van der Waals surface area contributed by atoms with Crippen LogP contribution in [0.1, 0.15) is 31.2 Å². The van der Waals surface area contributed by atoms with Crippen LogP contribution in [0.2, 0.25) is 0 Å². The van der Waals surface area contributed by atoms with Crippen molar-refractivity contribution in [3.8, 4) is 11.8 Å². The number of hydrogen-bond acceptors (Lipinski definition) is 3. The number of halogens is 3. The highest BCUT2D eigenvalue weighted by atomic mass is 19.4. The minimum Gasteiger partial charge on any atom is -0.406 e. The van der Waals surface area contributed by atoms with Crippen LogP contribution >= 0.6 is 0 Å². The molecule has 0 amide bonds. The summed E-state index contributed by atoms with van der Waals surface area (Å²) in [5.41, 5.74) is -0.160. The SMILES string of the molecule is N#CC1(c2ccc(OC(F)(F)F)cc2)CCC(=O)CC1. The van der Waals surface area contributed by atoms with E-state index in [0.717, 1.165) is 0 Å². The summed E-state index contributed by atoms with van der Waals surface area (Å²) in [6.45, 7) is 0. The Morgan fingerprint density at radius 3 is 2.15 bits per heavy atom. The van der Waals surface area contributed by atoms with E-state index in [1.807, 2.05) is 0 Å². The monoisotopic (exact) mass is 283 g/mol. The first-order chi connectivity index (χ1) is 9.35. The predicted octanol–water partition coefficient (Wildman–Crippen LogP) is 3.49. The molecule has 0 atom stereocenters. The maximum absolute atomic E-state index is 12.1. The zero-order valence-corrected chi connectivity index (χ0v) is 10.5. The van der Waals surface area contributed by atoms with Gasteiger partial charge in [-0.3, -0.25) is 4.79 Å². The lowest BCUT2D eigenvalue weighted by Crippen LogP contribution is -2.30. The lowest BCUT2D eigenvalue weighted by Gasteiger charge is -2.30. The van der Waals surface area contributed by atoms with Gasteiger partial charge >= 0.3 is 6.36 Å². The summed E-state index contributed by atoms with van der Waals surface area (Å²) in [6.07, 6.45) is -3.27. The number of benzene rings is 1. The number of alkyl halides is 3. The molecule has 0 aliphatic heterocycles. The second-order valence-electron chi connectivity index (χ2n) is 4.80. The Balaban J connectivity index is 2.20. The predicted molar refractivity (Wildman–Crippen MR) is 63.9 cm³/mol. The van der Waals surface area contributed by atoms with Gasteiger partial charge in [-0.1, -0.05) is 12.1 Å². The molecule has 0 heterocycles. The summed E-state index contributed by atoms with van der Waals surface area (Å²) in [5.74, 6) is -0.200. The van der Waals surface area contributed by atoms with E-state index >= 15 is 0 Å². The van der Waals surface area contributed by atoms with Gasteiger partial charge in [0.05, 0.1) is 11.5 Å². The minimum atomic E-state index is -4.73. The van der Waals surface area contributed by atoms with Crippen LogP contribution in [0.25, 0.3) is 0 Å². The first-order valence-electron chi connectivity index (χ1n) is 6.14. The summed E-state index contributed by atoms with van der Waals surface area (Å²) < 4.78 is 40.0. The molecule has 1 aliphatic carbocycles. The van der Waals surface area contributed by atoms with E-state index in [-0.39, 0.29) is 11.5 Å². The summed E-state index contributed by atoms with van der Waals surface area (Å²) in [4.78, 5) is 11.3. The Bertz CT molecular complexity index is 533. The molecule has 0 radical (unpaired) electrons. The van der Waals surface area contributed by atoms with Crippen molar-refractivity contribution in [2.45, 2.75) is 37.5 Å². The largest absolute Gasteiger partial charge is 0.573 e. The van der Waals surface area contributed by atoms with Gasteiger partial charge in [0.1, 0.15) is 11.5 Å². The Hall–Kier alpha value is -2.03. The van der Waals surface area contributed by atoms with Gasteiger partial charge in [0.25, 0.3) is 0 Å². The van der Waals surface area contributed by atoms with Gasteiger partial charge in [-0.15, -0.1) is 13.2 Å². The standard InChI is InChI=1S/C14H12F3NO2/c15-14(16,17)20-12-3-1-10(2-4-12)13(9-18)7-5-11(19)6-8-13/h1-4H,5-8H2. The Morgan fingerprint density at radius 2 is 1.70 bits per heavy atom. The molecule has 0 spiro atoms. The summed E-state index contributed by atoms with van der Waals surface area (Å²) in [5, 5.41) is 9.36. The number of nitrogens with zero attached hydrogens (tertiary/aromatic N) is 1. The first-order valence-corrected chi connectivity index (χ1v) is 6.14. The minimum absolute atomic E-state index is 0.118. The van der Waals surface area contributed by atoms with E-state index in [1.54, 1.807) is 0 Å². The molecule has 0 unspecified atom stereocenters. The smallest absolute Gasteiger partial charge is 0.406 e. The number of ketones is 1.